The second-order valence-electron chi connectivity index (χ2n) is 4.93. The largest absolute Gasteiger partial charge is 0.486 e. The minimum Gasteiger partial charge on any atom is -0.486 e. The summed E-state index contributed by atoms with van der Waals surface area (Å²) < 4.78 is 7.66. The maximum atomic E-state index is 9.76. The van der Waals surface area contributed by atoms with Crippen LogP contribution in [0.25, 0.3) is 0 Å². The van der Waals surface area contributed by atoms with E-state index in [9.17, 15) is 5.11 Å². The van der Waals surface area contributed by atoms with Crippen molar-refractivity contribution < 1.29 is 9.84 Å². The quantitative estimate of drug-likeness (QED) is 0.911. The lowest BCUT2D eigenvalue weighted by Crippen LogP contribution is -2.04. The molecule has 100 valence electrons. The number of benzene rings is 1. The molecule has 1 aliphatic rings. The molecule has 0 saturated heterocycles. The van der Waals surface area contributed by atoms with Crippen molar-refractivity contribution in [2.75, 3.05) is 0 Å². The lowest BCUT2D eigenvalue weighted by Gasteiger charge is -2.08. The summed E-state index contributed by atoms with van der Waals surface area (Å²) in [5, 5.41) is 17.8. The predicted octanol–water partition coefficient (Wildman–Crippen LogP) is 1.68. The monoisotopic (exact) mass is 259 g/mol. The van der Waals surface area contributed by atoms with Crippen molar-refractivity contribution in [3.05, 3.63) is 41.0 Å². The summed E-state index contributed by atoms with van der Waals surface area (Å²) in [6, 6.07) is 5.86. The average molecular weight is 259 g/mol. The fraction of sp³-hybridized carbons (Fsp3) is 0.429. The number of hydrogen-bond acceptors (Lipinski definition) is 4. The van der Waals surface area contributed by atoms with Crippen LogP contribution in [0.3, 0.4) is 0 Å². The highest BCUT2D eigenvalue weighted by atomic mass is 16.5. The molecule has 1 aromatic carbocycles. The number of ether oxygens (including phenoxy) is 1. The van der Waals surface area contributed by atoms with E-state index in [1.165, 1.54) is 5.56 Å². The van der Waals surface area contributed by atoms with E-state index in [1.54, 1.807) is 0 Å². The van der Waals surface area contributed by atoms with E-state index >= 15 is 0 Å². The highest BCUT2D eigenvalue weighted by Gasteiger charge is 2.20. The molecular formula is C14H17N3O2. The summed E-state index contributed by atoms with van der Waals surface area (Å²) in [5.41, 5.74) is 2.21. The Kier molecular flexibility index (Phi) is 2.98. The Balaban J connectivity index is 1.73. The van der Waals surface area contributed by atoms with Crippen LogP contribution in [-0.4, -0.2) is 19.9 Å². The summed E-state index contributed by atoms with van der Waals surface area (Å²) in [5.74, 6) is 2.49. The molecule has 1 aliphatic carbocycles. The molecule has 0 saturated carbocycles. The Hall–Kier alpha value is -1.88. The third-order valence-corrected chi connectivity index (χ3v) is 3.71. The van der Waals surface area contributed by atoms with Crippen molar-refractivity contribution in [2.45, 2.75) is 32.5 Å². The third kappa shape index (κ3) is 2.21. The molecule has 0 radical (unpaired) electrons. The topological polar surface area (TPSA) is 60.2 Å². The fourth-order valence-electron chi connectivity index (χ4n) is 2.39. The van der Waals surface area contributed by atoms with Gasteiger partial charge in [0.25, 0.3) is 0 Å². The molecule has 5 nitrogen and oxygen atoms in total. The number of rotatable bonds is 3. The number of nitrogens with zero attached hydrogens (tertiary/aromatic N) is 3. The standard InChI is InChI=1S/C14H17N3O2/c1-9-15-16-14(17(9)2)8-19-11-4-5-12-10(7-11)3-6-13(12)18/h4-5,7,13,18H,3,6,8H2,1-2H3/t13-/m1/s1. The maximum Gasteiger partial charge on any atom is 0.170 e. The van der Waals surface area contributed by atoms with Crippen LogP contribution in [0.4, 0.5) is 0 Å². The summed E-state index contributed by atoms with van der Waals surface area (Å²) >= 11 is 0. The van der Waals surface area contributed by atoms with Crippen molar-refractivity contribution in [3.63, 3.8) is 0 Å². The van der Waals surface area contributed by atoms with Crippen LogP contribution in [0.15, 0.2) is 18.2 Å². The van der Waals surface area contributed by atoms with E-state index < -0.39 is 0 Å². The lowest BCUT2D eigenvalue weighted by molar-refractivity contribution is 0.180. The predicted molar refractivity (Wildman–Crippen MR) is 69.8 cm³/mol. The number of aliphatic hydroxyl groups is 1. The molecule has 1 atom stereocenters. The summed E-state index contributed by atoms with van der Waals surface area (Å²) in [6.45, 7) is 2.31. The number of aliphatic hydroxyl groups excluding tert-OH is 1. The van der Waals surface area contributed by atoms with Crippen LogP contribution < -0.4 is 4.74 Å². The van der Waals surface area contributed by atoms with Crippen LogP contribution in [-0.2, 0) is 20.1 Å². The number of aromatic nitrogens is 3. The van der Waals surface area contributed by atoms with Gasteiger partial charge in [0.2, 0.25) is 0 Å². The van der Waals surface area contributed by atoms with Gasteiger partial charge in [-0.3, -0.25) is 0 Å². The molecule has 1 N–H and O–H groups in total. The zero-order chi connectivity index (χ0) is 13.4. The molecule has 1 aromatic heterocycles. The van der Waals surface area contributed by atoms with Crippen LogP contribution in [0.2, 0.25) is 0 Å². The number of hydrogen-bond donors (Lipinski definition) is 1. The van der Waals surface area contributed by atoms with Gasteiger partial charge in [-0.05, 0) is 43.0 Å². The smallest absolute Gasteiger partial charge is 0.170 e. The van der Waals surface area contributed by atoms with Gasteiger partial charge in [-0.1, -0.05) is 6.07 Å². The molecule has 19 heavy (non-hydrogen) atoms. The van der Waals surface area contributed by atoms with E-state index in [0.29, 0.717) is 6.61 Å². The first-order chi connectivity index (χ1) is 9.15. The van der Waals surface area contributed by atoms with E-state index in [4.69, 9.17) is 4.74 Å². The van der Waals surface area contributed by atoms with Crippen LogP contribution in [0.5, 0.6) is 5.75 Å². The van der Waals surface area contributed by atoms with Gasteiger partial charge in [-0.2, -0.15) is 0 Å². The normalized spacial score (nSPS) is 17.5. The molecule has 0 unspecified atom stereocenters. The van der Waals surface area contributed by atoms with Gasteiger partial charge in [0.15, 0.2) is 5.82 Å². The number of fused-ring (bicyclic) bond motifs is 1. The first kappa shape index (κ1) is 12.2. The van der Waals surface area contributed by atoms with Gasteiger partial charge in [-0.15, -0.1) is 10.2 Å². The maximum absolute atomic E-state index is 9.76. The third-order valence-electron chi connectivity index (χ3n) is 3.71. The highest BCUT2D eigenvalue weighted by molar-refractivity contribution is 5.39. The Morgan fingerprint density at radius 1 is 1.42 bits per heavy atom. The molecule has 3 rings (SSSR count). The van der Waals surface area contributed by atoms with Gasteiger partial charge in [0.05, 0.1) is 6.10 Å². The number of aryl methyl sites for hydroxylation is 2. The Morgan fingerprint density at radius 3 is 3.00 bits per heavy atom. The molecule has 1 heterocycles. The minimum absolute atomic E-state index is 0.314. The van der Waals surface area contributed by atoms with E-state index in [-0.39, 0.29) is 6.10 Å². The Morgan fingerprint density at radius 2 is 2.26 bits per heavy atom. The van der Waals surface area contributed by atoms with Crippen molar-refractivity contribution in [1.29, 1.82) is 0 Å². The van der Waals surface area contributed by atoms with Crippen molar-refractivity contribution in [2.24, 2.45) is 7.05 Å². The molecule has 5 heteroatoms. The van der Waals surface area contributed by atoms with Gasteiger partial charge < -0.3 is 14.4 Å². The summed E-state index contributed by atoms with van der Waals surface area (Å²) in [4.78, 5) is 0. The highest BCUT2D eigenvalue weighted by Crippen LogP contribution is 2.33. The molecule has 2 aromatic rings. The van der Waals surface area contributed by atoms with Crippen LogP contribution in [0, 0.1) is 6.92 Å². The van der Waals surface area contributed by atoms with Crippen LogP contribution >= 0.6 is 0 Å². The van der Waals surface area contributed by atoms with Crippen molar-refractivity contribution in [3.8, 4) is 5.75 Å². The SMILES string of the molecule is Cc1nnc(COc2ccc3c(c2)CC[C@H]3O)n1C. The molecular weight excluding hydrogens is 242 g/mol. The summed E-state index contributed by atoms with van der Waals surface area (Å²) in [6.07, 6.45) is 1.41. The second-order valence-corrected chi connectivity index (χ2v) is 4.93. The molecule has 0 bridgehead atoms. The van der Waals surface area contributed by atoms with E-state index in [0.717, 1.165) is 35.8 Å². The van der Waals surface area contributed by atoms with E-state index in [1.807, 2.05) is 36.7 Å². The Labute approximate surface area is 111 Å². The summed E-state index contributed by atoms with van der Waals surface area (Å²) in [7, 11) is 1.92. The molecule has 0 amide bonds. The zero-order valence-corrected chi connectivity index (χ0v) is 11.1. The van der Waals surface area contributed by atoms with E-state index in [2.05, 4.69) is 10.2 Å². The van der Waals surface area contributed by atoms with Crippen LogP contribution in [0.1, 0.15) is 35.3 Å². The Bertz CT molecular complexity index is 607. The zero-order valence-electron chi connectivity index (χ0n) is 11.1. The molecule has 0 aliphatic heterocycles. The van der Waals surface area contributed by atoms with Crippen molar-refractivity contribution >= 4 is 0 Å². The van der Waals surface area contributed by atoms with Gasteiger partial charge >= 0.3 is 0 Å². The average Bonchev–Trinajstić information content (AvgIpc) is 2.93. The second kappa shape index (κ2) is 4.66. The first-order valence-corrected chi connectivity index (χ1v) is 6.43. The minimum atomic E-state index is -0.314. The van der Waals surface area contributed by atoms with Gasteiger partial charge in [-0.25, -0.2) is 0 Å². The fourth-order valence-corrected chi connectivity index (χ4v) is 2.39. The van der Waals surface area contributed by atoms with Gasteiger partial charge in [0.1, 0.15) is 18.2 Å². The first-order valence-electron chi connectivity index (χ1n) is 6.43. The molecule has 0 spiro atoms. The molecule has 0 fully saturated rings. The van der Waals surface area contributed by atoms with Gasteiger partial charge in [0, 0.05) is 7.05 Å². The van der Waals surface area contributed by atoms with Crippen molar-refractivity contribution in [1.82, 2.24) is 14.8 Å². The lowest BCUT2D eigenvalue weighted by atomic mass is 10.1.